The lowest BCUT2D eigenvalue weighted by molar-refractivity contribution is -0.124. The number of benzene rings is 1. The topological polar surface area (TPSA) is 66.0 Å². The number of nitrogens with zero attached hydrogens (tertiary/aromatic N) is 2. The van der Waals surface area contributed by atoms with E-state index in [0.29, 0.717) is 5.92 Å². The lowest BCUT2D eigenvalue weighted by Gasteiger charge is -2.34. The molecule has 6 nitrogen and oxygen atoms in total. The summed E-state index contributed by atoms with van der Waals surface area (Å²) in [6, 6.07) is 4.14. The van der Waals surface area contributed by atoms with E-state index in [1.54, 1.807) is 19.1 Å². The average molecular weight is 457 g/mol. The number of amides is 1. The second-order valence-electron chi connectivity index (χ2n) is 9.44. The predicted molar refractivity (Wildman–Crippen MR) is 134 cm³/mol. The van der Waals surface area contributed by atoms with E-state index in [0.717, 1.165) is 67.5 Å². The van der Waals surface area contributed by atoms with E-state index in [-0.39, 0.29) is 5.91 Å². The molecule has 1 amide bonds. The summed E-state index contributed by atoms with van der Waals surface area (Å²) < 4.78 is 7.91. The fraction of sp³-hybridized carbons (Fsp3) is 0.600. The molecule has 0 aromatic heterocycles. The minimum atomic E-state index is -0.540. The summed E-state index contributed by atoms with van der Waals surface area (Å²) in [5.74, 6) is 3.20. The van der Waals surface area contributed by atoms with Crippen LogP contribution in [0.1, 0.15) is 56.6 Å². The molecule has 1 saturated heterocycles. The van der Waals surface area contributed by atoms with Gasteiger partial charge < -0.3 is 15.4 Å². The zero-order chi connectivity index (χ0) is 22.7. The number of methoxy groups -OCH3 is 1. The first-order valence-corrected chi connectivity index (χ1v) is 12.6. The summed E-state index contributed by atoms with van der Waals surface area (Å²) in [6.45, 7) is 6.13. The highest BCUT2D eigenvalue weighted by molar-refractivity contribution is 8.00. The van der Waals surface area contributed by atoms with Gasteiger partial charge in [0, 0.05) is 43.4 Å². The minimum Gasteiger partial charge on any atom is -0.496 e. The van der Waals surface area contributed by atoms with Gasteiger partial charge in [0.15, 0.2) is 0 Å². The molecule has 3 aliphatic rings. The highest BCUT2D eigenvalue weighted by Gasteiger charge is 2.47. The molecule has 2 fully saturated rings. The Kier molecular flexibility index (Phi) is 7.15. The number of rotatable bonds is 6. The van der Waals surface area contributed by atoms with Gasteiger partial charge in [-0.15, -0.1) is 0 Å². The van der Waals surface area contributed by atoms with Crippen LogP contribution in [0, 0.1) is 18.8 Å². The number of piperidine rings is 1. The SMILES string of the molecule is CNc1cc(C)c(/C=C/SN2CCC3(CC2)N=C(C2CCC(C)CC2)NC3=O)c(OC)c1. The monoisotopic (exact) mass is 456 g/mol. The largest absolute Gasteiger partial charge is 0.496 e. The van der Waals surface area contributed by atoms with Gasteiger partial charge in [-0.1, -0.05) is 31.7 Å². The molecule has 7 heteroatoms. The molecule has 1 aliphatic carbocycles. The first-order chi connectivity index (χ1) is 15.4. The van der Waals surface area contributed by atoms with Gasteiger partial charge in [0.25, 0.3) is 5.91 Å². The molecule has 32 heavy (non-hydrogen) atoms. The zero-order valence-electron chi connectivity index (χ0n) is 19.7. The summed E-state index contributed by atoms with van der Waals surface area (Å²) >= 11 is 1.70. The summed E-state index contributed by atoms with van der Waals surface area (Å²) in [4.78, 5) is 17.9. The van der Waals surface area contributed by atoms with Crippen LogP contribution in [0.2, 0.25) is 0 Å². The molecule has 1 saturated carbocycles. The molecule has 0 bridgehead atoms. The third-order valence-corrected chi connectivity index (χ3v) is 8.17. The van der Waals surface area contributed by atoms with Gasteiger partial charge in [0.05, 0.1) is 7.11 Å². The molecule has 0 atom stereocenters. The Balaban J connectivity index is 1.35. The Morgan fingerprint density at radius 1 is 1.25 bits per heavy atom. The van der Waals surface area contributed by atoms with Crippen molar-refractivity contribution in [1.82, 2.24) is 9.62 Å². The lowest BCUT2D eigenvalue weighted by Crippen LogP contribution is -2.47. The van der Waals surface area contributed by atoms with Crippen molar-refractivity contribution >= 4 is 35.5 Å². The fourth-order valence-corrected chi connectivity index (χ4v) is 5.81. The molecular weight excluding hydrogens is 420 g/mol. The van der Waals surface area contributed by atoms with Crippen molar-refractivity contribution in [3.05, 3.63) is 28.7 Å². The fourth-order valence-electron chi connectivity index (χ4n) is 5.05. The number of aryl methyl sites for hydroxylation is 1. The standard InChI is InChI=1S/C25H36N4O2S/c1-17-5-7-19(8-6-17)23-27-24(30)25(28-23)10-12-29(13-11-25)32-14-9-21-18(2)15-20(26-3)16-22(21)31-4/h9,14-17,19,26H,5-8,10-13H2,1-4H3,(H,27,28,30)/b14-9+. The highest BCUT2D eigenvalue weighted by Crippen LogP contribution is 2.37. The van der Waals surface area contributed by atoms with Crippen LogP contribution in [-0.2, 0) is 4.79 Å². The van der Waals surface area contributed by atoms with E-state index in [9.17, 15) is 4.79 Å². The lowest BCUT2D eigenvalue weighted by atomic mass is 9.82. The Labute approximate surface area is 196 Å². The number of ether oxygens (including phenoxy) is 1. The number of amidine groups is 1. The molecule has 1 aromatic rings. The van der Waals surface area contributed by atoms with Gasteiger partial charge >= 0.3 is 0 Å². The third kappa shape index (κ3) is 4.84. The summed E-state index contributed by atoms with van der Waals surface area (Å²) in [6.07, 6.45) is 8.47. The predicted octanol–water partition coefficient (Wildman–Crippen LogP) is 4.85. The van der Waals surface area contributed by atoms with Crippen LogP contribution in [0.5, 0.6) is 5.75 Å². The normalized spacial score (nSPS) is 25.8. The van der Waals surface area contributed by atoms with E-state index in [1.165, 1.54) is 18.4 Å². The summed E-state index contributed by atoms with van der Waals surface area (Å²) in [7, 11) is 3.62. The van der Waals surface area contributed by atoms with Gasteiger partial charge in [-0.3, -0.25) is 9.79 Å². The first kappa shape index (κ1) is 23.2. The molecule has 2 N–H and O–H groups in total. The maximum absolute atomic E-state index is 12.9. The van der Waals surface area contributed by atoms with E-state index in [2.05, 4.69) is 46.3 Å². The second kappa shape index (κ2) is 9.87. The molecule has 0 radical (unpaired) electrons. The van der Waals surface area contributed by atoms with Crippen LogP contribution in [0.3, 0.4) is 0 Å². The van der Waals surface area contributed by atoms with Crippen LogP contribution >= 0.6 is 11.9 Å². The number of hydrogen-bond donors (Lipinski definition) is 2. The van der Waals surface area contributed by atoms with Gasteiger partial charge in [0.2, 0.25) is 0 Å². The van der Waals surface area contributed by atoms with Crippen molar-refractivity contribution in [2.24, 2.45) is 16.8 Å². The number of carbonyl (C=O) groups is 1. The van der Waals surface area contributed by atoms with Crippen molar-refractivity contribution in [3.8, 4) is 5.75 Å². The Morgan fingerprint density at radius 3 is 2.62 bits per heavy atom. The summed E-state index contributed by atoms with van der Waals surface area (Å²) in [5, 5.41) is 8.45. The molecule has 2 heterocycles. The van der Waals surface area contributed by atoms with Gasteiger partial charge in [-0.25, -0.2) is 4.31 Å². The average Bonchev–Trinajstić information content (AvgIpc) is 3.12. The van der Waals surface area contributed by atoms with Crippen molar-refractivity contribution < 1.29 is 9.53 Å². The van der Waals surface area contributed by atoms with E-state index >= 15 is 0 Å². The van der Waals surface area contributed by atoms with Crippen molar-refractivity contribution in [2.45, 2.75) is 57.9 Å². The Hall–Kier alpha value is -1.99. The van der Waals surface area contributed by atoms with Crippen LogP contribution in [-0.4, -0.2) is 48.8 Å². The van der Waals surface area contributed by atoms with E-state index in [1.807, 2.05) is 13.1 Å². The molecule has 0 unspecified atom stereocenters. The second-order valence-corrected chi connectivity index (χ2v) is 10.4. The van der Waals surface area contributed by atoms with Crippen LogP contribution in [0.4, 0.5) is 5.69 Å². The molecular formula is C25H36N4O2S. The van der Waals surface area contributed by atoms with Crippen molar-refractivity contribution in [2.75, 3.05) is 32.6 Å². The van der Waals surface area contributed by atoms with E-state index in [4.69, 9.17) is 9.73 Å². The highest BCUT2D eigenvalue weighted by atomic mass is 32.2. The van der Waals surface area contributed by atoms with Crippen LogP contribution < -0.4 is 15.4 Å². The molecule has 1 spiro atoms. The number of carbonyl (C=O) groups excluding carboxylic acids is 1. The van der Waals surface area contributed by atoms with Crippen LogP contribution in [0.25, 0.3) is 6.08 Å². The number of nitrogens with one attached hydrogen (secondary N) is 2. The Bertz CT molecular complexity index is 897. The third-order valence-electron chi connectivity index (χ3n) is 7.25. The molecule has 4 rings (SSSR count). The van der Waals surface area contributed by atoms with Crippen molar-refractivity contribution in [1.29, 1.82) is 0 Å². The number of hydrogen-bond acceptors (Lipinski definition) is 6. The summed E-state index contributed by atoms with van der Waals surface area (Å²) in [5.41, 5.74) is 2.77. The molecule has 2 aliphatic heterocycles. The van der Waals surface area contributed by atoms with E-state index < -0.39 is 5.54 Å². The van der Waals surface area contributed by atoms with Crippen LogP contribution in [0.15, 0.2) is 22.5 Å². The first-order valence-electron chi connectivity index (χ1n) is 11.8. The smallest absolute Gasteiger partial charge is 0.253 e. The number of anilines is 1. The molecule has 1 aromatic carbocycles. The minimum absolute atomic E-state index is 0.122. The maximum Gasteiger partial charge on any atom is 0.253 e. The maximum atomic E-state index is 12.9. The molecule has 174 valence electrons. The quantitative estimate of drug-likeness (QED) is 0.599. The van der Waals surface area contributed by atoms with Crippen molar-refractivity contribution in [3.63, 3.8) is 0 Å². The van der Waals surface area contributed by atoms with Gasteiger partial charge in [-0.2, -0.15) is 0 Å². The van der Waals surface area contributed by atoms with Gasteiger partial charge in [-0.05, 0) is 61.6 Å². The Morgan fingerprint density at radius 2 is 1.97 bits per heavy atom. The zero-order valence-corrected chi connectivity index (χ0v) is 20.6. The van der Waals surface area contributed by atoms with Gasteiger partial charge in [0.1, 0.15) is 17.1 Å². The number of aliphatic imine (C=N–C) groups is 1.